The van der Waals surface area contributed by atoms with Crippen LogP contribution in [0.15, 0.2) is 53.9 Å². The summed E-state index contributed by atoms with van der Waals surface area (Å²) in [6.45, 7) is 0. The standard InChI is InChI=1S/C17H13ClN4O/c1-23-14-8-11-15(10-4-2-3-5-13(10)18)19-6-7-20-16(11)12-9-21-22-17(12)14/h2-9,20H,1H3,(H,21,22). The van der Waals surface area contributed by atoms with Gasteiger partial charge in [0.25, 0.3) is 0 Å². The molecule has 4 rings (SSSR count). The van der Waals surface area contributed by atoms with E-state index in [1.54, 1.807) is 25.7 Å². The molecule has 0 unspecified atom stereocenters. The number of nitrogens with one attached hydrogen (secondary N) is 2. The molecule has 0 amide bonds. The van der Waals surface area contributed by atoms with Crippen LogP contribution in [0.25, 0.3) is 10.9 Å². The molecule has 0 fully saturated rings. The van der Waals surface area contributed by atoms with Crippen molar-refractivity contribution in [3.63, 3.8) is 0 Å². The highest BCUT2D eigenvalue weighted by atomic mass is 35.5. The third-order valence-electron chi connectivity index (χ3n) is 3.81. The van der Waals surface area contributed by atoms with Crippen molar-refractivity contribution in [1.29, 1.82) is 0 Å². The molecular formula is C17H13ClN4O. The Balaban J connectivity index is 2.04. The summed E-state index contributed by atoms with van der Waals surface area (Å²) in [6.07, 6.45) is 5.28. The van der Waals surface area contributed by atoms with Crippen molar-refractivity contribution in [2.75, 3.05) is 12.4 Å². The quantitative estimate of drug-likeness (QED) is 0.750. The number of aromatic amines is 1. The number of hydrogen-bond acceptors (Lipinski definition) is 4. The molecule has 0 atom stereocenters. The lowest BCUT2D eigenvalue weighted by Gasteiger charge is -2.14. The average Bonchev–Trinajstić information content (AvgIpc) is 2.96. The van der Waals surface area contributed by atoms with Crippen LogP contribution in [0, 0.1) is 0 Å². The smallest absolute Gasteiger partial charge is 0.145 e. The van der Waals surface area contributed by atoms with Gasteiger partial charge in [-0.2, -0.15) is 5.10 Å². The third-order valence-corrected chi connectivity index (χ3v) is 4.14. The summed E-state index contributed by atoms with van der Waals surface area (Å²) in [5, 5.41) is 12.0. The second kappa shape index (κ2) is 5.44. The molecule has 6 heteroatoms. The number of rotatable bonds is 2. The average molecular weight is 325 g/mol. The van der Waals surface area contributed by atoms with Gasteiger partial charge in [0.1, 0.15) is 11.3 Å². The number of methoxy groups -OCH3 is 1. The fraction of sp³-hybridized carbons (Fsp3) is 0.0588. The van der Waals surface area contributed by atoms with Gasteiger partial charge in [-0.05, 0) is 12.1 Å². The predicted molar refractivity (Wildman–Crippen MR) is 92.5 cm³/mol. The van der Waals surface area contributed by atoms with Crippen LogP contribution in [0.1, 0.15) is 11.1 Å². The molecule has 0 radical (unpaired) electrons. The highest BCUT2D eigenvalue weighted by Crippen LogP contribution is 2.36. The molecule has 0 aliphatic carbocycles. The molecule has 2 N–H and O–H groups in total. The zero-order chi connectivity index (χ0) is 15.8. The molecule has 2 aromatic carbocycles. The first-order valence-electron chi connectivity index (χ1n) is 7.08. The molecule has 0 saturated carbocycles. The van der Waals surface area contributed by atoms with Gasteiger partial charge in [-0.1, -0.05) is 29.8 Å². The Bertz CT molecular complexity index is 958. The van der Waals surface area contributed by atoms with Crippen molar-refractivity contribution in [1.82, 2.24) is 10.2 Å². The number of halogens is 1. The number of ether oxygens (including phenoxy) is 1. The van der Waals surface area contributed by atoms with E-state index in [2.05, 4.69) is 20.5 Å². The summed E-state index contributed by atoms with van der Waals surface area (Å²) in [4.78, 5) is 4.57. The SMILES string of the molecule is COc1cc2c(c3cn[nH]c13)NC=CN=C2c1ccccc1Cl. The van der Waals surface area contributed by atoms with Crippen molar-refractivity contribution in [3.05, 3.63) is 65.1 Å². The van der Waals surface area contributed by atoms with E-state index >= 15 is 0 Å². The molecule has 5 nitrogen and oxygen atoms in total. The van der Waals surface area contributed by atoms with Crippen LogP contribution in [0.3, 0.4) is 0 Å². The Morgan fingerprint density at radius 1 is 1.17 bits per heavy atom. The molecule has 1 aromatic heterocycles. The predicted octanol–water partition coefficient (Wildman–Crippen LogP) is 3.96. The second-order valence-electron chi connectivity index (χ2n) is 5.08. The van der Waals surface area contributed by atoms with Gasteiger partial charge in [0, 0.05) is 33.9 Å². The molecule has 3 aromatic rings. The van der Waals surface area contributed by atoms with Crippen LogP contribution in [0.2, 0.25) is 5.02 Å². The van der Waals surface area contributed by atoms with Crippen molar-refractivity contribution in [2.24, 2.45) is 4.99 Å². The van der Waals surface area contributed by atoms with Crippen LogP contribution < -0.4 is 10.1 Å². The molecule has 0 saturated heterocycles. The Hall–Kier alpha value is -2.79. The third kappa shape index (κ3) is 2.17. The fourth-order valence-corrected chi connectivity index (χ4v) is 2.98. The maximum absolute atomic E-state index is 6.37. The zero-order valence-electron chi connectivity index (χ0n) is 12.3. The second-order valence-corrected chi connectivity index (χ2v) is 5.48. The number of nitrogens with zero attached hydrogens (tertiary/aromatic N) is 2. The fourth-order valence-electron chi connectivity index (χ4n) is 2.76. The summed E-state index contributed by atoms with van der Waals surface area (Å²) >= 11 is 6.37. The normalized spacial score (nSPS) is 13.2. The van der Waals surface area contributed by atoms with Gasteiger partial charge in [-0.15, -0.1) is 0 Å². The topological polar surface area (TPSA) is 62.3 Å². The molecular weight excluding hydrogens is 312 g/mol. The van der Waals surface area contributed by atoms with Gasteiger partial charge in [0.2, 0.25) is 0 Å². The lowest BCUT2D eigenvalue weighted by Crippen LogP contribution is -2.06. The molecule has 1 aliphatic heterocycles. The zero-order valence-corrected chi connectivity index (χ0v) is 13.1. The van der Waals surface area contributed by atoms with E-state index in [9.17, 15) is 0 Å². The van der Waals surface area contributed by atoms with E-state index in [0.29, 0.717) is 10.8 Å². The van der Waals surface area contributed by atoms with E-state index in [1.165, 1.54) is 0 Å². The minimum atomic E-state index is 0.652. The number of aliphatic imine (C=N–C) groups is 1. The summed E-state index contributed by atoms with van der Waals surface area (Å²) in [6, 6.07) is 9.60. The molecule has 2 heterocycles. The first-order valence-corrected chi connectivity index (χ1v) is 7.46. The van der Waals surface area contributed by atoms with Crippen LogP contribution in [0.5, 0.6) is 5.75 Å². The first kappa shape index (κ1) is 13.8. The van der Waals surface area contributed by atoms with Gasteiger partial charge in [-0.25, -0.2) is 0 Å². The Labute approximate surface area is 137 Å². The Morgan fingerprint density at radius 3 is 2.87 bits per heavy atom. The molecule has 114 valence electrons. The monoisotopic (exact) mass is 324 g/mol. The van der Waals surface area contributed by atoms with E-state index in [4.69, 9.17) is 16.3 Å². The highest BCUT2D eigenvalue weighted by molar-refractivity contribution is 6.36. The van der Waals surface area contributed by atoms with Crippen LogP contribution in [0.4, 0.5) is 5.69 Å². The number of hydrogen-bond donors (Lipinski definition) is 2. The molecule has 23 heavy (non-hydrogen) atoms. The number of aromatic nitrogens is 2. The lowest BCUT2D eigenvalue weighted by atomic mass is 9.98. The first-order chi connectivity index (χ1) is 11.3. The number of benzene rings is 2. The van der Waals surface area contributed by atoms with Gasteiger partial charge in [0.15, 0.2) is 0 Å². The molecule has 0 bridgehead atoms. The van der Waals surface area contributed by atoms with E-state index in [1.807, 2.05) is 30.3 Å². The minimum Gasteiger partial charge on any atom is -0.494 e. The maximum atomic E-state index is 6.37. The summed E-state index contributed by atoms with van der Waals surface area (Å²) in [5.41, 5.74) is 4.32. The van der Waals surface area contributed by atoms with Crippen molar-refractivity contribution >= 4 is 33.9 Å². The van der Waals surface area contributed by atoms with Crippen LogP contribution in [-0.4, -0.2) is 23.0 Å². The summed E-state index contributed by atoms with van der Waals surface area (Å²) < 4.78 is 5.50. The minimum absolute atomic E-state index is 0.652. The van der Waals surface area contributed by atoms with E-state index in [-0.39, 0.29) is 0 Å². The number of fused-ring (bicyclic) bond motifs is 3. The van der Waals surface area contributed by atoms with E-state index < -0.39 is 0 Å². The lowest BCUT2D eigenvalue weighted by molar-refractivity contribution is 0.419. The van der Waals surface area contributed by atoms with Gasteiger partial charge in [-0.3, -0.25) is 10.1 Å². The van der Waals surface area contributed by atoms with Crippen LogP contribution in [-0.2, 0) is 0 Å². The Morgan fingerprint density at radius 2 is 2.04 bits per heavy atom. The van der Waals surface area contributed by atoms with Gasteiger partial charge < -0.3 is 10.1 Å². The van der Waals surface area contributed by atoms with Crippen molar-refractivity contribution in [3.8, 4) is 5.75 Å². The largest absolute Gasteiger partial charge is 0.494 e. The number of H-pyrrole nitrogens is 1. The Kier molecular flexibility index (Phi) is 3.28. The number of anilines is 1. The van der Waals surface area contributed by atoms with Gasteiger partial charge >= 0.3 is 0 Å². The summed E-state index contributed by atoms with van der Waals surface area (Å²) in [7, 11) is 1.64. The van der Waals surface area contributed by atoms with Crippen molar-refractivity contribution in [2.45, 2.75) is 0 Å². The van der Waals surface area contributed by atoms with E-state index in [0.717, 1.165) is 33.4 Å². The summed E-state index contributed by atoms with van der Waals surface area (Å²) in [5.74, 6) is 0.708. The van der Waals surface area contributed by atoms with Crippen molar-refractivity contribution < 1.29 is 4.74 Å². The molecule has 0 spiro atoms. The van der Waals surface area contributed by atoms with Gasteiger partial charge in [0.05, 0.1) is 24.7 Å². The molecule has 1 aliphatic rings. The van der Waals surface area contributed by atoms with Crippen LogP contribution >= 0.6 is 11.6 Å². The maximum Gasteiger partial charge on any atom is 0.145 e. The highest BCUT2D eigenvalue weighted by Gasteiger charge is 2.21.